The van der Waals surface area contributed by atoms with Crippen molar-refractivity contribution in [3.05, 3.63) is 34.4 Å². The van der Waals surface area contributed by atoms with Gasteiger partial charge >= 0.3 is 0 Å². The number of nitro groups is 1. The topological polar surface area (TPSA) is 75.8 Å². The lowest BCUT2D eigenvalue weighted by molar-refractivity contribution is -0.490. The Bertz CT molecular complexity index is 325. The van der Waals surface area contributed by atoms with Crippen LogP contribution in [0.1, 0.15) is 0 Å². The average molecular weight is 212 g/mol. The van der Waals surface area contributed by atoms with Crippen LogP contribution >= 0.6 is 0 Å². The van der Waals surface area contributed by atoms with Gasteiger partial charge < -0.3 is 9.84 Å². The molecule has 1 N–H and O–H groups in total. The molecule has 0 fully saturated rings. The standard InChI is InChI=1S/C9H12N2O4/c1-10(11(13)14)8-2-4-9(5-3-8)15-7-6-12/h2-5,12H,6-7H2,1H3. The first-order valence-electron chi connectivity index (χ1n) is 4.37. The Morgan fingerprint density at radius 3 is 2.53 bits per heavy atom. The van der Waals surface area contributed by atoms with Gasteiger partial charge in [-0.3, -0.25) is 0 Å². The molecule has 0 unspecified atom stereocenters. The van der Waals surface area contributed by atoms with Crippen molar-refractivity contribution in [3.63, 3.8) is 0 Å². The lowest BCUT2D eigenvalue weighted by Crippen LogP contribution is -2.24. The van der Waals surface area contributed by atoms with Crippen LogP contribution in [0.2, 0.25) is 0 Å². The van der Waals surface area contributed by atoms with Gasteiger partial charge in [-0.25, -0.2) is 10.1 Å². The van der Waals surface area contributed by atoms with Crippen molar-refractivity contribution in [1.82, 2.24) is 0 Å². The van der Waals surface area contributed by atoms with E-state index in [-0.39, 0.29) is 13.2 Å². The van der Waals surface area contributed by atoms with E-state index in [0.29, 0.717) is 11.4 Å². The van der Waals surface area contributed by atoms with Crippen molar-refractivity contribution < 1.29 is 14.9 Å². The van der Waals surface area contributed by atoms with Crippen LogP contribution in [0, 0.1) is 10.1 Å². The molecule has 0 heterocycles. The van der Waals surface area contributed by atoms with E-state index in [2.05, 4.69) is 0 Å². The predicted molar refractivity (Wildman–Crippen MR) is 54.4 cm³/mol. The van der Waals surface area contributed by atoms with Crippen LogP contribution in [0.25, 0.3) is 0 Å². The number of rotatable bonds is 5. The Balaban J connectivity index is 2.67. The number of hydrogen-bond donors (Lipinski definition) is 1. The fourth-order valence-corrected chi connectivity index (χ4v) is 1.02. The molecule has 0 spiro atoms. The Hall–Kier alpha value is -1.82. The second kappa shape index (κ2) is 5.16. The van der Waals surface area contributed by atoms with Crippen LogP contribution in [-0.2, 0) is 0 Å². The summed E-state index contributed by atoms with van der Waals surface area (Å²) in [6, 6.07) is 6.39. The number of aliphatic hydroxyl groups excluding tert-OH is 1. The van der Waals surface area contributed by atoms with Crippen molar-refractivity contribution in [2.45, 2.75) is 0 Å². The van der Waals surface area contributed by atoms with E-state index in [1.165, 1.54) is 7.05 Å². The molecule has 0 aliphatic carbocycles. The van der Waals surface area contributed by atoms with E-state index >= 15 is 0 Å². The highest BCUT2D eigenvalue weighted by molar-refractivity contribution is 5.45. The van der Waals surface area contributed by atoms with Crippen LogP contribution in [0.15, 0.2) is 24.3 Å². The van der Waals surface area contributed by atoms with Gasteiger partial charge in [0.25, 0.3) is 0 Å². The van der Waals surface area contributed by atoms with Gasteiger partial charge in [-0.2, -0.15) is 0 Å². The summed E-state index contributed by atoms with van der Waals surface area (Å²) in [6.45, 7) is 0.154. The van der Waals surface area contributed by atoms with Crippen LogP contribution in [-0.4, -0.2) is 30.4 Å². The zero-order chi connectivity index (χ0) is 11.3. The van der Waals surface area contributed by atoms with Gasteiger partial charge in [0.2, 0.25) is 0 Å². The molecule has 0 radical (unpaired) electrons. The fraction of sp³-hybridized carbons (Fsp3) is 0.333. The summed E-state index contributed by atoms with van der Waals surface area (Å²) >= 11 is 0. The predicted octanol–water partition coefficient (Wildman–Crippen LogP) is 0.686. The quantitative estimate of drug-likeness (QED) is 0.574. The maximum atomic E-state index is 10.4. The third-order valence-electron chi connectivity index (χ3n) is 1.82. The zero-order valence-electron chi connectivity index (χ0n) is 8.29. The monoisotopic (exact) mass is 212 g/mol. The molecule has 6 nitrogen and oxygen atoms in total. The van der Waals surface area contributed by atoms with E-state index in [1.807, 2.05) is 0 Å². The minimum Gasteiger partial charge on any atom is -0.491 e. The summed E-state index contributed by atoms with van der Waals surface area (Å²) in [5.41, 5.74) is 0.469. The summed E-state index contributed by atoms with van der Waals surface area (Å²) in [5, 5.41) is 19.3. The average Bonchev–Trinajstić information content (AvgIpc) is 2.26. The van der Waals surface area contributed by atoms with Crippen molar-refractivity contribution in [3.8, 4) is 5.75 Å². The van der Waals surface area contributed by atoms with Gasteiger partial charge in [0.05, 0.1) is 13.7 Å². The Morgan fingerprint density at radius 2 is 2.07 bits per heavy atom. The Morgan fingerprint density at radius 1 is 1.47 bits per heavy atom. The largest absolute Gasteiger partial charge is 0.491 e. The lowest BCUT2D eigenvalue weighted by Gasteiger charge is -2.09. The van der Waals surface area contributed by atoms with Crippen molar-refractivity contribution in [1.29, 1.82) is 0 Å². The highest BCUT2D eigenvalue weighted by Crippen LogP contribution is 2.18. The number of ether oxygens (including phenoxy) is 1. The van der Waals surface area contributed by atoms with Crippen LogP contribution in [0.4, 0.5) is 5.69 Å². The minimum atomic E-state index is -0.510. The molecule has 1 aromatic carbocycles. The summed E-state index contributed by atoms with van der Waals surface area (Å²) in [6.07, 6.45) is 0. The van der Waals surface area contributed by atoms with Crippen LogP contribution < -0.4 is 9.75 Å². The third-order valence-corrected chi connectivity index (χ3v) is 1.82. The molecule has 0 amide bonds. The van der Waals surface area contributed by atoms with Gasteiger partial charge in [-0.05, 0) is 24.3 Å². The molecule has 0 bridgehead atoms. The second-order valence-electron chi connectivity index (χ2n) is 2.83. The molecule has 6 heteroatoms. The maximum absolute atomic E-state index is 10.4. The van der Waals surface area contributed by atoms with Crippen LogP contribution in [0.5, 0.6) is 5.75 Å². The van der Waals surface area contributed by atoms with Gasteiger partial charge in [0, 0.05) is 0 Å². The molecule has 0 saturated carbocycles. The number of aliphatic hydroxyl groups is 1. The molecular formula is C9H12N2O4. The summed E-state index contributed by atoms with van der Waals surface area (Å²) in [5.74, 6) is 0.574. The summed E-state index contributed by atoms with van der Waals surface area (Å²) in [4.78, 5) is 10.4. The van der Waals surface area contributed by atoms with E-state index in [0.717, 1.165) is 5.01 Å². The smallest absolute Gasteiger partial charge is 0.164 e. The number of hydrazine groups is 1. The van der Waals surface area contributed by atoms with Gasteiger partial charge in [0.15, 0.2) is 5.03 Å². The second-order valence-corrected chi connectivity index (χ2v) is 2.83. The minimum absolute atomic E-state index is 0.0590. The van der Waals surface area contributed by atoms with Gasteiger partial charge in [0.1, 0.15) is 18.0 Å². The van der Waals surface area contributed by atoms with Gasteiger partial charge in [-0.1, -0.05) is 5.01 Å². The third kappa shape index (κ3) is 3.10. The lowest BCUT2D eigenvalue weighted by atomic mass is 10.3. The molecule has 0 aliphatic heterocycles. The van der Waals surface area contributed by atoms with Crippen molar-refractivity contribution in [2.24, 2.45) is 0 Å². The van der Waals surface area contributed by atoms with E-state index in [4.69, 9.17) is 9.84 Å². The molecule has 0 aromatic heterocycles. The fourth-order valence-electron chi connectivity index (χ4n) is 1.02. The SMILES string of the molecule is CN(c1ccc(OCCO)cc1)[N+](=O)[O-]. The summed E-state index contributed by atoms with van der Waals surface area (Å²) in [7, 11) is 1.36. The molecule has 82 valence electrons. The van der Waals surface area contributed by atoms with Crippen molar-refractivity contribution >= 4 is 5.69 Å². The zero-order valence-corrected chi connectivity index (χ0v) is 8.29. The maximum Gasteiger partial charge on any atom is 0.164 e. The summed E-state index contributed by atoms with van der Waals surface area (Å²) < 4.78 is 5.11. The first kappa shape index (κ1) is 11.3. The molecule has 1 rings (SSSR count). The Kier molecular flexibility index (Phi) is 3.87. The normalized spacial score (nSPS) is 9.73. The van der Waals surface area contributed by atoms with Crippen molar-refractivity contribution in [2.75, 3.05) is 25.3 Å². The highest BCUT2D eigenvalue weighted by atomic mass is 16.7. The molecular weight excluding hydrogens is 200 g/mol. The van der Waals surface area contributed by atoms with E-state index in [1.54, 1.807) is 24.3 Å². The Labute approximate surface area is 86.8 Å². The van der Waals surface area contributed by atoms with Crippen LogP contribution in [0.3, 0.4) is 0 Å². The molecule has 1 aromatic rings. The number of anilines is 1. The number of benzene rings is 1. The molecule has 15 heavy (non-hydrogen) atoms. The molecule has 0 saturated heterocycles. The van der Waals surface area contributed by atoms with E-state index < -0.39 is 5.03 Å². The van der Waals surface area contributed by atoms with E-state index in [9.17, 15) is 10.1 Å². The number of nitrogens with zero attached hydrogens (tertiary/aromatic N) is 2. The highest BCUT2D eigenvalue weighted by Gasteiger charge is 2.09. The molecule has 0 aliphatic rings. The first-order chi connectivity index (χ1) is 7.15. The first-order valence-corrected chi connectivity index (χ1v) is 4.37. The number of hydrogen-bond acceptors (Lipinski definition) is 4. The molecule has 0 atom stereocenters. The van der Waals surface area contributed by atoms with Gasteiger partial charge in [-0.15, -0.1) is 0 Å².